The van der Waals surface area contributed by atoms with Crippen molar-refractivity contribution in [2.75, 3.05) is 20.6 Å². The molecule has 3 heteroatoms. The Bertz CT molecular complexity index is 247. The maximum Gasteiger partial charge on any atom is 0.106 e. The predicted octanol–water partition coefficient (Wildman–Crippen LogP) is 2.53. The Kier molecular flexibility index (Phi) is 5.94. The normalized spacial score (nSPS) is 20.4. The summed E-state index contributed by atoms with van der Waals surface area (Å²) in [6, 6.07) is 3.22. The summed E-state index contributed by atoms with van der Waals surface area (Å²) in [5.41, 5.74) is -0.309. The predicted molar refractivity (Wildman–Crippen MR) is 71.8 cm³/mol. The molecule has 0 amide bonds. The van der Waals surface area contributed by atoms with Crippen LogP contribution in [0, 0.1) is 11.3 Å². The highest BCUT2D eigenvalue weighted by Crippen LogP contribution is 2.23. The van der Waals surface area contributed by atoms with Gasteiger partial charge in [-0.3, -0.25) is 0 Å². The van der Waals surface area contributed by atoms with Crippen LogP contribution in [0.5, 0.6) is 0 Å². The molecule has 17 heavy (non-hydrogen) atoms. The van der Waals surface area contributed by atoms with E-state index in [1.54, 1.807) is 0 Å². The van der Waals surface area contributed by atoms with Crippen LogP contribution in [0.15, 0.2) is 0 Å². The Morgan fingerprint density at radius 2 is 2.06 bits per heavy atom. The molecule has 0 heterocycles. The minimum Gasteiger partial charge on any atom is -0.303 e. The van der Waals surface area contributed by atoms with E-state index in [1.165, 1.54) is 25.7 Å². The molecule has 0 bridgehead atoms. The molecule has 3 nitrogen and oxygen atoms in total. The Morgan fingerprint density at radius 1 is 1.41 bits per heavy atom. The van der Waals surface area contributed by atoms with Gasteiger partial charge in [0.25, 0.3) is 0 Å². The topological polar surface area (TPSA) is 39.1 Å². The molecule has 0 spiro atoms. The fourth-order valence-electron chi connectivity index (χ4n) is 2.83. The summed E-state index contributed by atoms with van der Waals surface area (Å²) in [6.07, 6.45) is 8.45. The van der Waals surface area contributed by atoms with Crippen LogP contribution in [0.4, 0.5) is 0 Å². The lowest BCUT2D eigenvalue weighted by molar-refractivity contribution is 0.231. The molecule has 0 aliphatic heterocycles. The monoisotopic (exact) mass is 237 g/mol. The summed E-state index contributed by atoms with van der Waals surface area (Å²) in [5, 5.41) is 12.4. The molecule has 1 unspecified atom stereocenters. The van der Waals surface area contributed by atoms with Crippen molar-refractivity contribution in [3.05, 3.63) is 0 Å². The van der Waals surface area contributed by atoms with Crippen LogP contribution in [-0.4, -0.2) is 37.1 Å². The van der Waals surface area contributed by atoms with E-state index >= 15 is 0 Å². The van der Waals surface area contributed by atoms with E-state index in [2.05, 4.69) is 30.3 Å². The van der Waals surface area contributed by atoms with Crippen LogP contribution >= 0.6 is 0 Å². The van der Waals surface area contributed by atoms with Crippen molar-refractivity contribution in [2.45, 2.75) is 63.5 Å². The third-order valence-corrected chi connectivity index (χ3v) is 4.36. The number of nitriles is 1. The van der Waals surface area contributed by atoms with Crippen LogP contribution in [0.3, 0.4) is 0 Å². The number of hydrogen-bond donors (Lipinski definition) is 1. The molecular formula is C14H27N3. The quantitative estimate of drug-likeness (QED) is 0.739. The van der Waals surface area contributed by atoms with Crippen LogP contribution in [0.2, 0.25) is 0 Å². The second-order valence-electron chi connectivity index (χ2n) is 5.32. The van der Waals surface area contributed by atoms with E-state index in [0.29, 0.717) is 0 Å². The Hall–Kier alpha value is -0.590. The zero-order valence-electron chi connectivity index (χ0n) is 11.6. The van der Waals surface area contributed by atoms with Crippen LogP contribution in [0.1, 0.15) is 51.9 Å². The summed E-state index contributed by atoms with van der Waals surface area (Å²) in [5.74, 6) is 0. The highest BCUT2D eigenvalue weighted by Gasteiger charge is 2.26. The number of nitrogens with zero attached hydrogens (tertiary/aromatic N) is 2. The second-order valence-corrected chi connectivity index (χ2v) is 5.32. The van der Waals surface area contributed by atoms with Gasteiger partial charge >= 0.3 is 0 Å². The average molecular weight is 237 g/mol. The van der Waals surface area contributed by atoms with Crippen molar-refractivity contribution in [3.8, 4) is 6.07 Å². The summed E-state index contributed by atoms with van der Waals surface area (Å²) < 4.78 is 0. The van der Waals surface area contributed by atoms with Gasteiger partial charge in [-0.25, -0.2) is 0 Å². The number of hydrogen-bond acceptors (Lipinski definition) is 3. The lowest BCUT2D eigenvalue weighted by Gasteiger charge is -2.28. The highest BCUT2D eigenvalue weighted by molar-refractivity contribution is 5.05. The summed E-state index contributed by atoms with van der Waals surface area (Å²) in [6.45, 7) is 3.20. The largest absolute Gasteiger partial charge is 0.303 e. The minimum atomic E-state index is -0.309. The van der Waals surface area contributed by atoms with Gasteiger partial charge in [-0.05, 0) is 52.7 Å². The van der Waals surface area contributed by atoms with E-state index in [-0.39, 0.29) is 5.54 Å². The lowest BCUT2D eigenvalue weighted by atomic mass is 9.92. The van der Waals surface area contributed by atoms with E-state index < -0.39 is 0 Å². The van der Waals surface area contributed by atoms with E-state index in [1.807, 2.05) is 7.05 Å². The van der Waals surface area contributed by atoms with Gasteiger partial charge in [-0.15, -0.1) is 0 Å². The van der Waals surface area contributed by atoms with Crippen molar-refractivity contribution in [1.29, 1.82) is 5.26 Å². The molecule has 0 aromatic rings. The van der Waals surface area contributed by atoms with Crippen LogP contribution in [-0.2, 0) is 0 Å². The smallest absolute Gasteiger partial charge is 0.106 e. The Labute approximate surface area is 106 Å². The second kappa shape index (κ2) is 6.98. The third-order valence-electron chi connectivity index (χ3n) is 4.36. The van der Waals surface area contributed by atoms with Gasteiger partial charge in [0.2, 0.25) is 0 Å². The van der Waals surface area contributed by atoms with E-state index in [4.69, 9.17) is 0 Å². The SMILES string of the molecule is CCC(C#N)(CCCN(C)C1CCCC1)NC. The van der Waals surface area contributed by atoms with Gasteiger partial charge in [-0.2, -0.15) is 5.26 Å². The van der Waals surface area contributed by atoms with Gasteiger partial charge < -0.3 is 10.2 Å². The molecular weight excluding hydrogens is 210 g/mol. The molecule has 0 saturated heterocycles. The fraction of sp³-hybridized carbons (Fsp3) is 0.929. The van der Waals surface area contributed by atoms with Gasteiger partial charge in [0.15, 0.2) is 0 Å². The van der Waals surface area contributed by atoms with Crippen molar-refractivity contribution < 1.29 is 0 Å². The Balaban J connectivity index is 2.28. The molecule has 98 valence electrons. The van der Waals surface area contributed by atoms with Gasteiger partial charge in [0.1, 0.15) is 5.54 Å². The van der Waals surface area contributed by atoms with Crippen molar-refractivity contribution in [3.63, 3.8) is 0 Å². The zero-order chi connectivity index (χ0) is 12.7. The molecule has 1 aliphatic rings. The maximum absolute atomic E-state index is 9.23. The molecule has 1 aliphatic carbocycles. The first-order valence-electron chi connectivity index (χ1n) is 6.98. The zero-order valence-corrected chi connectivity index (χ0v) is 11.6. The standard InChI is InChI=1S/C14H27N3/c1-4-14(12-15,16-2)10-7-11-17(3)13-8-5-6-9-13/h13,16H,4-11H2,1-3H3. The first kappa shape index (κ1) is 14.5. The fourth-order valence-corrected chi connectivity index (χ4v) is 2.83. The molecule has 0 aromatic carbocycles. The summed E-state index contributed by atoms with van der Waals surface area (Å²) in [4.78, 5) is 2.49. The Morgan fingerprint density at radius 3 is 2.53 bits per heavy atom. The molecule has 0 radical (unpaired) electrons. The average Bonchev–Trinajstić information content (AvgIpc) is 2.89. The first-order chi connectivity index (χ1) is 8.17. The molecule has 1 saturated carbocycles. The molecule has 0 aromatic heterocycles. The van der Waals surface area contributed by atoms with Crippen LogP contribution < -0.4 is 5.32 Å². The van der Waals surface area contributed by atoms with Crippen LogP contribution in [0.25, 0.3) is 0 Å². The minimum absolute atomic E-state index is 0.309. The third kappa shape index (κ3) is 3.97. The van der Waals surface area contributed by atoms with Crippen molar-refractivity contribution in [1.82, 2.24) is 10.2 Å². The van der Waals surface area contributed by atoms with Gasteiger partial charge in [0, 0.05) is 6.04 Å². The van der Waals surface area contributed by atoms with Crippen molar-refractivity contribution >= 4 is 0 Å². The van der Waals surface area contributed by atoms with Gasteiger partial charge in [-0.1, -0.05) is 19.8 Å². The summed E-state index contributed by atoms with van der Waals surface area (Å²) >= 11 is 0. The summed E-state index contributed by atoms with van der Waals surface area (Å²) in [7, 11) is 4.13. The van der Waals surface area contributed by atoms with Crippen molar-refractivity contribution in [2.24, 2.45) is 0 Å². The molecule has 1 N–H and O–H groups in total. The number of nitrogens with one attached hydrogen (secondary N) is 1. The lowest BCUT2D eigenvalue weighted by Crippen LogP contribution is -2.41. The van der Waals surface area contributed by atoms with E-state index in [9.17, 15) is 5.26 Å². The van der Waals surface area contributed by atoms with Gasteiger partial charge in [0.05, 0.1) is 6.07 Å². The molecule has 1 rings (SSSR count). The molecule has 1 atom stereocenters. The maximum atomic E-state index is 9.23. The highest BCUT2D eigenvalue weighted by atomic mass is 15.1. The number of rotatable bonds is 7. The first-order valence-corrected chi connectivity index (χ1v) is 6.98. The molecule has 1 fully saturated rings. The van der Waals surface area contributed by atoms with E-state index in [0.717, 1.165) is 31.8 Å².